The topological polar surface area (TPSA) is 3.24 Å². The molecule has 1 aliphatic rings. The van der Waals surface area contributed by atoms with Gasteiger partial charge in [0.25, 0.3) is 5.92 Å². The smallest absolute Gasteiger partial charge is 0.250 e. The molecule has 1 nitrogen and oxygen atoms in total. The molecule has 4 heteroatoms. The summed E-state index contributed by atoms with van der Waals surface area (Å²) in [5.74, 6) is -1.81. The number of hydrogen-bond donors (Lipinski definition) is 1. The van der Waals surface area contributed by atoms with Crippen molar-refractivity contribution < 1.29 is 8.78 Å². The Bertz CT molecular complexity index is 184. The Kier molecular flexibility index (Phi) is 3.74. The molecule has 0 aliphatic carbocycles. The van der Waals surface area contributed by atoms with Gasteiger partial charge in [-0.2, -0.15) is 12.6 Å². The molecule has 0 unspecified atom stereocenters. The Hall–Kier alpha value is -0.0900. The van der Waals surface area contributed by atoms with Crippen molar-refractivity contribution in [1.82, 2.24) is 4.90 Å². The van der Waals surface area contributed by atoms with E-state index in [9.17, 15) is 8.78 Å². The van der Waals surface area contributed by atoms with Crippen LogP contribution in [-0.4, -0.2) is 36.2 Å². The second-order valence-corrected chi connectivity index (χ2v) is 3.86. The SMILES string of the molecule is C=C(CS)CN1CCC(F)(F)CC1. The van der Waals surface area contributed by atoms with Crippen LogP contribution in [0.4, 0.5) is 8.78 Å². The summed E-state index contributed by atoms with van der Waals surface area (Å²) in [6.45, 7) is 5.45. The third-order valence-corrected chi connectivity index (χ3v) is 2.71. The van der Waals surface area contributed by atoms with E-state index in [0.29, 0.717) is 25.4 Å². The average molecular weight is 207 g/mol. The Balaban J connectivity index is 2.29. The molecular formula is C9H15F2NS. The summed E-state index contributed by atoms with van der Waals surface area (Å²) in [6, 6.07) is 0. The molecule has 1 fully saturated rings. The Labute approximate surface area is 83.2 Å². The number of piperidine rings is 1. The van der Waals surface area contributed by atoms with Gasteiger partial charge in [0, 0.05) is 38.2 Å². The first kappa shape index (κ1) is 11.0. The molecule has 0 N–H and O–H groups in total. The highest BCUT2D eigenvalue weighted by Crippen LogP contribution is 2.27. The average Bonchev–Trinajstić information content (AvgIpc) is 2.08. The van der Waals surface area contributed by atoms with Crippen molar-refractivity contribution in [1.29, 1.82) is 0 Å². The van der Waals surface area contributed by atoms with E-state index >= 15 is 0 Å². The van der Waals surface area contributed by atoms with Gasteiger partial charge < -0.3 is 0 Å². The first-order chi connectivity index (χ1) is 6.03. The van der Waals surface area contributed by atoms with E-state index in [0.717, 1.165) is 5.57 Å². The molecule has 1 aliphatic heterocycles. The van der Waals surface area contributed by atoms with Crippen molar-refractivity contribution in [3.8, 4) is 0 Å². The first-order valence-corrected chi connectivity index (χ1v) is 5.04. The van der Waals surface area contributed by atoms with E-state index in [1.807, 2.05) is 4.90 Å². The highest BCUT2D eigenvalue weighted by molar-refractivity contribution is 7.80. The lowest BCUT2D eigenvalue weighted by molar-refractivity contribution is -0.0534. The number of likely N-dealkylation sites (tertiary alicyclic amines) is 1. The maximum atomic E-state index is 12.7. The lowest BCUT2D eigenvalue weighted by atomic mass is 10.1. The van der Waals surface area contributed by atoms with Crippen molar-refractivity contribution in [2.45, 2.75) is 18.8 Å². The molecule has 1 heterocycles. The summed E-state index contributed by atoms with van der Waals surface area (Å²) in [7, 11) is 0. The van der Waals surface area contributed by atoms with Gasteiger partial charge in [0.2, 0.25) is 0 Å². The van der Waals surface area contributed by atoms with Gasteiger partial charge in [0.05, 0.1) is 0 Å². The maximum Gasteiger partial charge on any atom is 0.250 e. The van der Waals surface area contributed by atoms with E-state index in [1.54, 1.807) is 0 Å². The standard InChI is InChI=1S/C9H15F2NS/c1-8(7-13)6-12-4-2-9(10,11)3-5-12/h13H,1-7H2. The van der Waals surface area contributed by atoms with E-state index in [2.05, 4.69) is 19.2 Å². The van der Waals surface area contributed by atoms with Gasteiger partial charge in [-0.05, 0) is 0 Å². The van der Waals surface area contributed by atoms with Crippen LogP contribution in [0.3, 0.4) is 0 Å². The zero-order chi connectivity index (χ0) is 9.90. The molecule has 0 atom stereocenters. The van der Waals surface area contributed by atoms with Gasteiger partial charge in [-0.3, -0.25) is 4.90 Å². The molecule has 76 valence electrons. The van der Waals surface area contributed by atoms with Crippen LogP contribution in [0.2, 0.25) is 0 Å². The van der Waals surface area contributed by atoms with Crippen molar-refractivity contribution in [3.05, 3.63) is 12.2 Å². The molecule has 1 rings (SSSR count). The van der Waals surface area contributed by atoms with Crippen molar-refractivity contribution in [2.24, 2.45) is 0 Å². The molecule has 13 heavy (non-hydrogen) atoms. The Morgan fingerprint density at radius 3 is 2.38 bits per heavy atom. The second kappa shape index (κ2) is 4.42. The van der Waals surface area contributed by atoms with Crippen LogP contribution in [0.25, 0.3) is 0 Å². The van der Waals surface area contributed by atoms with Crippen LogP contribution in [0.1, 0.15) is 12.8 Å². The van der Waals surface area contributed by atoms with Gasteiger partial charge in [-0.1, -0.05) is 12.2 Å². The predicted molar refractivity (Wildman–Crippen MR) is 53.6 cm³/mol. The number of thiol groups is 1. The number of halogens is 2. The molecule has 0 radical (unpaired) electrons. The summed E-state index contributed by atoms with van der Waals surface area (Å²) in [5.41, 5.74) is 0.994. The summed E-state index contributed by atoms with van der Waals surface area (Å²) in [4.78, 5) is 2.01. The summed E-state index contributed by atoms with van der Waals surface area (Å²) in [5, 5.41) is 0. The van der Waals surface area contributed by atoms with Crippen molar-refractivity contribution in [3.63, 3.8) is 0 Å². The first-order valence-electron chi connectivity index (χ1n) is 4.41. The van der Waals surface area contributed by atoms with Crippen LogP contribution >= 0.6 is 12.6 Å². The van der Waals surface area contributed by atoms with Crippen molar-refractivity contribution in [2.75, 3.05) is 25.4 Å². The van der Waals surface area contributed by atoms with Gasteiger partial charge in [-0.15, -0.1) is 0 Å². The van der Waals surface area contributed by atoms with E-state index in [-0.39, 0.29) is 12.8 Å². The third-order valence-electron chi connectivity index (χ3n) is 2.26. The third kappa shape index (κ3) is 3.65. The molecule has 0 bridgehead atoms. The molecule has 0 aromatic carbocycles. The van der Waals surface area contributed by atoms with Crippen LogP contribution in [-0.2, 0) is 0 Å². The minimum absolute atomic E-state index is 0.0210. The highest BCUT2D eigenvalue weighted by Gasteiger charge is 2.33. The van der Waals surface area contributed by atoms with Gasteiger partial charge in [-0.25, -0.2) is 8.78 Å². The van der Waals surface area contributed by atoms with E-state index in [4.69, 9.17) is 0 Å². The van der Waals surface area contributed by atoms with E-state index in [1.165, 1.54) is 0 Å². The minimum Gasteiger partial charge on any atom is -0.299 e. The van der Waals surface area contributed by atoms with Crippen molar-refractivity contribution >= 4 is 12.6 Å². The zero-order valence-corrected chi connectivity index (χ0v) is 8.49. The van der Waals surface area contributed by atoms with E-state index < -0.39 is 5.92 Å². The van der Waals surface area contributed by atoms with Crippen LogP contribution < -0.4 is 0 Å². The fourth-order valence-corrected chi connectivity index (χ4v) is 1.50. The molecule has 0 aromatic heterocycles. The summed E-state index contributed by atoms with van der Waals surface area (Å²) >= 11 is 4.07. The highest BCUT2D eigenvalue weighted by atomic mass is 32.1. The maximum absolute atomic E-state index is 12.7. The lowest BCUT2D eigenvalue weighted by Crippen LogP contribution is -2.40. The minimum atomic E-state index is -2.45. The summed E-state index contributed by atoms with van der Waals surface area (Å²) in [6.07, 6.45) is -0.0420. The quantitative estimate of drug-likeness (QED) is 0.548. The molecular weight excluding hydrogens is 192 g/mol. The second-order valence-electron chi connectivity index (χ2n) is 3.54. The number of hydrogen-bond acceptors (Lipinski definition) is 2. The van der Waals surface area contributed by atoms with Gasteiger partial charge >= 0.3 is 0 Å². The zero-order valence-electron chi connectivity index (χ0n) is 7.60. The monoisotopic (exact) mass is 207 g/mol. The van der Waals surface area contributed by atoms with Gasteiger partial charge in [0.1, 0.15) is 0 Å². The predicted octanol–water partition coefficient (Wildman–Crippen LogP) is 2.20. The number of nitrogens with zero attached hydrogens (tertiary/aromatic N) is 1. The van der Waals surface area contributed by atoms with Gasteiger partial charge in [0.15, 0.2) is 0 Å². The summed E-state index contributed by atoms with van der Waals surface area (Å²) < 4.78 is 25.5. The molecule has 1 saturated heterocycles. The Morgan fingerprint density at radius 2 is 1.92 bits per heavy atom. The fourth-order valence-electron chi connectivity index (χ4n) is 1.40. The van der Waals surface area contributed by atoms with Crippen LogP contribution in [0, 0.1) is 0 Å². The Morgan fingerprint density at radius 1 is 1.38 bits per heavy atom. The molecule has 0 amide bonds. The normalized spacial score (nSPS) is 23.0. The number of rotatable bonds is 3. The van der Waals surface area contributed by atoms with Crippen LogP contribution in [0.15, 0.2) is 12.2 Å². The molecule has 0 saturated carbocycles. The molecule has 0 spiro atoms. The fraction of sp³-hybridized carbons (Fsp3) is 0.778. The number of alkyl halides is 2. The van der Waals surface area contributed by atoms with Crippen LogP contribution in [0.5, 0.6) is 0 Å². The largest absolute Gasteiger partial charge is 0.299 e. The lowest BCUT2D eigenvalue weighted by Gasteiger charge is -2.31. The molecule has 0 aromatic rings.